The van der Waals surface area contributed by atoms with E-state index in [1.54, 1.807) is 6.07 Å². The number of para-hydroxylation sites is 2. The summed E-state index contributed by atoms with van der Waals surface area (Å²) in [5.74, 6) is 1.00. The molecular weight excluding hydrogens is 268 g/mol. The Labute approximate surface area is 122 Å². The molecule has 2 aromatic rings. The standard InChI is InChI=1S/C16H16N2O3/c17-9-11-4-3-5-12(8-11)18-16(19)15-10-20-13-6-1-2-7-14(13)21-15/h1-8,15H,9-10,17H2,(H,18,19). The predicted molar refractivity (Wildman–Crippen MR) is 79.3 cm³/mol. The van der Waals surface area contributed by atoms with Gasteiger partial charge in [-0.3, -0.25) is 4.79 Å². The number of nitrogens with two attached hydrogens (primary N) is 1. The summed E-state index contributed by atoms with van der Waals surface area (Å²) in [4.78, 5) is 12.2. The molecule has 0 aliphatic carbocycles. The first kappa shape index (κ1) is 13.5. The zero-order valence-electron chi connectivity index (χ0n) is 11.4. The maximum atomic E-state index is 12.2. The first-order valence-electron chi connectivity index (χ1n) is 6.74. The molecule has 0 radical (unpaired) electrons. The monoisotopic (exact) mass is 284 g/mol. The number of benzene rings is 2. The van der Waals surface area contributed by atoms with E-state index >= 15 is 0 Å². The highest BCUT2D eigenvalue weighted by atomic mass is 16.6. The molecule has 0 aromatic heterocycles. The molecule has 1 aliphatic heterocycles. The molecule has 5 nitrogen and oxygen atoms in total. The van der Waals surface area contributed by atoms with Crippen LogP contribution in [0, 0.1) is 0 Å². The number of ether oxygens (including phenoxy) is 2. The highest BCUT2D eigenvalue weighted by molar-refractivity contribution is 5.94. The molecule has 0 bridgehead atoms. The maximum absolute atomic E-state index is 12.2. The van der Waals surface area contributed by atoms with E-state index in [9.17, 15) is 4.79 Å². The summed E-state index contributed by atoms with van der Waals surface area (Å²) in [6.07, 6.45) is -0.665. The number of hydrogen-bond acceptors (Lipinski definition) is 4. The fraction of sp³-hybridized carbons (Fsp3) is 0.188. The Hall–Kier alpha value is -2.53. The third kappa shape index (κ3) is 2.98. The molecule has 5 heteroatoms. The molecule has 1 amide bonds. The molecule has 1 atom stereocenters. The Morgan fingerprint density at radius 3 is 2.81 bits per heavy atom. The molecule has 1 heterocycles. The van der Waals surface area contributed by atoms with Gasteiger partial charge in [0.1, 0.15) is 6.61 Å². The van der Waals surface area contributed by atoms with Crippen molar-refractivity contribution in [2.24, 2.45) is 5.73 Å². The number of hydrogen-bond donors (Lipinski definition) is 2. The fourth-order valence-corrected chi connectivity index (χ4v) is 2.15. The lowest BCUT2D eigenvalue weighted by Crippen LogP contribution is -2.40. The summed E-state index contributed by atoms with van der Waals surface area (Å²) in [5.41, 5.74) is 7.24. The molecular formula is C16H16N2O3. The Kier molecular flexibility index (Phi) is 3.75. The van der Waals surface area contributed by atoms with Crippen LogP contribution in [0.1, 0.15) is 5.56 Å². The number of rotatable bonds is 3. The van der Waals surface area contributed by atoms with Crippen molar-refractivity contribution in [3.05, 3.63) is 54.1 Å². The minimum atomic E-state index is -0.665. The predicted octanol–water partition coefficient (Wildman–Crippen LogP) is 1.92. The summed E-state index contributed by atoms with van der Waals surface area (Å²) >= 11 is 0. The first-order valence-corrected chi connectivity index (χ1v) is 6.74. The number of nitrogens with one attached hydrogen (secondary N) is 1. The third-order valence-electron chi connectivity index (χ3n) is 3.23. The van der Waals surface area contributed by atoms with E-state index < -0.39 is 6.10 Å². The van der Waals surface area contributed by atoms with Gasteiger partial charge in [-0.25, -0.2) is 0 Å². The van der Waals surface area contributed by atoms with Gasteiger partial charge in [0.05, 0.1) is 0 Å². The molecule has 0 saturated carbocycles. The van der Waals surface area contributed by atoms with Crippen LogP contribution in [0.3, 0.4) is 0 Å². The molecule has 3 rings (SSSR count). The summed E-state index contributed by atoms with van der Waals surface area (Å²) in [6.45, 7) is 0.625. The lowest BCUT2D eigenvalue weighted by Gasteiger charge is -2.25. The van der Waals surface area contributed by atoms with Crippen molar-refractivity contribution in [1.82, 2.24) is 0 Å². The molecule has 0 spiro atoms. The Morgan fingerprint density at radius 1 is 1.19 bits per heavy atom. The van der Waals surface area contributed by atoms with Gasteiger partial charge in [-0.2, -0.15) is 0 Å². The van der Waals surface area contributed by atoms with Crippen LogP contribution >= 0.6 is 0 Å². The van der Waals surface area contributed by atoms with Crippen LogP contribution < -0.4 is 20.5 Å². The van der Waals surface area contributed by atoms with Gasteiger partial charge >= 0.3 is 0 Å². The van der Waals surface area contributed by atoms with Crippen molar-refractivity contribution in [3.8, 4) is 11.5 Å². The minimum absolute atomic E-state index is 0.194. The number of amides is 1. The van der Waals surface area contributed by atoms with Crippen molar-refractivity contribution < 1.29 is 14.3 Å². The van der Waals surface area contributed by atoms with Gasteiger partial charge in [-0.1, -0.05) is 24.3 Å². The quantitative estimate of drug-likeness (QED) is 0.903. The smallest absolute Gasteiger partial charge is 0.269 e. The van der Waals surface area contributed by atoms with E-state index in [4.69, 9.17) is 15.2 Å². The summed E-state index contributed by atoms with van der Waals surface area (Å²) in [6, 6.07) is 14.7. The molecule has 108 valence electrons. The van der Waals surface area contributed by atoms with E-state index in [0.717, 1.165) is 5.56 Å². The highest BCUT2D eigenvalue weighted by Gasteiger charge is 2.27. The van der Waals surface area contributed by atoms with Gasteiger partial charge in [-0.15, -0.1) is 0 Å². The Bertz CT molecular complexity index is 657. The minimum Gasteiger partial charge on any atom is -0.485 e. The molecule has 1 aliphatic rings. The zero-order chi connectivity index (χ0) is 14.7. The number of fused-ring (bicyclic) bond motifs is 1. The molecule has 0 saturated heterocycles. The Morgan fingerprint density at radius 2 is 2.00 bits per heavy atom. The molecule has 1 unspecified atom stereocenters. The molecule has 3 N–H and O–H groups in total. The van der Waals surface area contributed by atoms with Gasteiger partial charge < -0.3 is 20.5 Å². The van der Waals surface area contributed by atoms with Crippen molar-refractivity contribution in [1.29, 1.82) is 0 Å². The Balaban J connectivity index is 1.69. The normalized spacial score (nSPS) is 16.3. The topological polar surface area (TPSA) is 73.6 Å². The van der Waals surface area contributed by atoms with Crippen LogP contribution in [-0.2, 0) is 11.3 Å². The van der Waals surface area contributed by atoms with Crippen molar-refractivity contribution in [2.45, 2.75) is 12.6 Å². The van der Waals surface area contributed by atoms with Gasteiger partial charge in [0.15, 0.2) is 11.5 Å². The summed E-state index contributed by atoms with van der Waals surface area (Å²) in [7, 11) is 0. The van der Waals surface area contributed by atoms with E-state index in [-0.39, 0.29) is 12.5 Å². The van der Waals surface area contributed by atoms with E-state index in [2.05, 4.69) is 5.32 Å². The first-order chi connectivity index (χ1) is 10.3. The van der Waals surface area contributed by atoms with E-state index in [1.165, 1.54) is 0 Å². The second kappa shape index (κ2) is 5.85. The molecule has 2 aromatic carbocycles. The SMILES string of the molecule is NCc1cccc(NC(=O)C2COc3ccccc3O2)c1. The van der Waals surface area contributed by atoms with Gasteiger partial charge in [0.2, 0.25) is 6.10 Å². The lowest BCUT2D eigenvalue weighted by atomic mass is 10.2. The van der Waals surface area contributed by atoms with Crippen molar-refractivity contribution in [3.63, 3.8) is 0 Å². The van der Waals surface area contributed by atoms with E-state index in [0.29, 0.717) is 23.7 Å². The third-order valence-corrected chi connectivity index (χ3v) is 3.23. The van der Waals surface area contributed by atoms with Gasteiger partial charge in [-0.05, 0) is 29.8 Å². The average Bonchev–Trinajstić information content (AvgIpc) is 2.54. The highest BCUT2D eigenvalue weighted by Crippen LogP contribution is 2.31. The second-order valence-electron chi connectivity index (χ2n) is 4.76. The summed E-state index contributed by atoms with van der Waals surface area (Å²) in [5, 5.41) is 2.82. The maximum Gasteiger partial charge on any atom is 0.269 e. The zero-order valence-corrected chi connectivity index (χ0v) is 11.4. The second-order valence-corrected chi connectivity index (χ2v) is 4.76. The van der Waals surface area contributed by atoms with Crippen LogP contribution in [0.25, 0.3) is 0 Å². The van der Waals surface area contributed by atoms with Crippen LogP contribution in [0.4, 0.5) is 5.69 Å². The molecule has 0 fully saturated rings. The molecule has 21 heavy (non-hydrogen) atoms. The van der Waals surface area contributed by atoms with Crippen molar-refractivity contribution >= 4 is 11.6 Å². The average molecular weight is 284 g/mol. The fourth-order valence-electron chi connectivity index (χ4n) is 2.15. The number of carbonyl (C=O) groups excluding carboxylic acids is 1. The largest absolute Gasteiger partial charge is 0.485 e. The number of carbonyl (C=O) groups is 1. The summed E-state index contributed by atoms with van der Waals surface area (Å²) < 4.78 is 11.2. The van der Waals surface area contributed by atoms with Gasteiger partial charge in [0.25, 0.3) is 5.91 Å². The van der Waals surface area contributed by atoms with Crippen LogP contribution in [0.15, 0.2) is 48.5 Å². The van der Waals surface area contributed by atoms with Crippen LogP contribution in [-0.4, -0.2) is 18.6 Å². The number of anilines is 1. The van der Waals surface area contributed by atoms with Gasteiger partial charge in [0, 0.05) is 12.2 Å². The lowest BCUT2D eigenvalue weighted by molar-refractivity contribution is -0.125. The van der Waals surface area contributed by atoms with Crippen molar-refractivity contribution in [2.75, 3.05) is 11.9 Å². The van der Waals surface area contributed by atoms with Crippen LogP contribution in [0.5, 0.6) is 11.5 Å². The van der Waals surface area contributed by atoms with E-state index in [1.807, 2.05) is 42.5 Å². The van der Waals surface area contributed by atoms with Crippen LogP contribution in [0.2, 0.25) is 0 Å².